The summed E-state index contributed by atoms with van der Waals surface area (Å²) in [6.45, 7) is 3.20. The average molecular weight is 349 g/mol. The lowest BCUT2D eigenvalue weighted by Gasteiger charge is -2.11. The van der Waals surface area contributed by atoms with Crippen molar-refractivity contribution in [3.8, 4) is 0 Å². The Balaban J connectivity index is 1.81. The number of nitrogens with one attached hydrogen (secondary N) is 2. The maximum absolute atomic E-state index is 11.2. The van der Waals surface area contributed by atoms with E-state index in [4.69, 9.17) is 17.4 Å². The number of hydrogen-bond acceptors (Lipinski definition) is 3. The predicted molar refractivity (Wildman–Crippen MR) is 95.3 cm³/mol. The quantitative estimate of drug-likeness (QED) is 0.717. The molecule has 0 amide bonds. The summed E-state index contributed by atoms with van der Waals surface area (Å²) in [5.41, 5.74) is 3.28. The van der Waals surface area contributed by atoms with Crippen LogP contribution in [0.1, 0.15) is 16.7 Å². The molecule has 0 aliphatic rings. The lowest BCUT2D eigenvalue weighted by atomic mass is 10.1. The molecule has 0 radical (unpaired) electrons. The highest BCUT2D eigenvalue weighted by Gasteiger charge is 2.06. The number of hydrogen-bond donors (Lipinski definition) is 3. The molecule has 7 heteroatoms. The fourth-order valence-electron chi connectivity index (χ4n) is 1.93. The highest BCUT2D eigenvalue weighted by Crippen LogP contribution is 2.08. The van der Waals surface area contributed by atoms with E-state index in [9.17, 15) is 8.42 Å². The lowest BCUT2D eigenvalue weighted by Crippen LogP contribution is -2.34. The molecule has 0 saturated carbocycles. The first kappa shape index (κ1) is 17.4. The van der Waals surface area contributed by atoms with Crippen molar-refractivity contribution in [2.75, 3.05) is 0 Å². The topological polar surface area (TPSA) is 84.2 Å². The maximum Gasteiger partial charge on any atom is 0.238 e. The largest absolute Gasteiger partial charge is 0.359 e. The van der Waals surface area contributed by atoms with Crippen LogP contribution in [0.4, 0.5) is 0 Å². The van der Waals surface area contributed by atoms with Crippen molar-refractivity contribution in [3.63, 3.8) is 0 Å². The molecule has 0 aliphatic heterocycles. The molecule has 23 heavy (non-hydrogen) atoms. The molecule has 0 heterocycles. The first-order chi connectivity index (χ1) is 10.8. The van der Waals surface area contributed by atoms with Crippen LogP contribution < -0.4 is 15.8 Å². The van der Waals surface area contributed by atoms with E-state index in [0.717, 1.165) is 11.1 Å². The summed E-state index contributed by atoms with van der Waals surface area (Å²) in [4.78, 5) is 0.0984. The van der Waals surface area contributed by atoms with Gasteiger partial charge in [-0.2, -0.15) is 0 Å². The van der Waals surface area contributed by atoms with Crippen LogP contribution in [0.25, 0.3) is 0 Å². The van der Waals surface area contributed by atoms with Gasteiger partial charge < -0.3 is 10.6 Å². The van der Waals surface area contributed by atoms with E-state index in [1.54, 1.807) is 12.1 Å². The summed E-state index contributed by atoms with van der Waals surface area (Å²) in [7, 11) is -3.65. The van der Waals surface area contributed by atoms with E-state index in [1.165, 1.54) is 17.7 Å². The Kier molecular flexibility index (Phi) is 5.70. The van der Waals surface area contributed by atoms with Gasteiger partial charge in [-0.05, 0) is 42.4 Å². The molecular weight excluding hydrogens is 330 g/mol. The molecule has 0 aromatic heterocycles. The zero-order chi connectivity index (χ0) is 16.9. The van der Waals surface area contributed by atoms with E-state index in [0.29, 0.717) is 18.2 Å². The van der Waals surface area contributed by atoms with Crippen LogP contribution in [0, 0.1) is 6.92 Å². The van der Waals surface area contributed by atoms with Gasteiger partial charge in [0.1, 0.15) is 0 Å². The van der Waals surface area contributed by atoms with Crippen molar-refractivity contribution >= 4 is 27.4 Å². The molecule has 2 rings (SSSR count). The molecule has 2 aromatic rings. The second-order valence-corrected chi connectivity index (χ2v) is 7.18. The summed E-state index contributed by atoms with van der Waals surface area (Å²) in [5, 5.41) is 11.8. The third-order valence-electron chi connectivity index (χ3n) is 3.28. The van der Waals surface area contributed by atoms with E-state index >= 15 is 0 Å². The van der Waals surface area contributed by atoms with Crippen LogP contribution in [-0.2, 0) is 23.1 Å². The van der Waals surface area contributed by atoms with E-state index in [-0.39, 0.29) is 4.90 Å². The van der Waals surface area contributed by atoms with E-state index < -0.39 is 10.0 Å². The molecule has 0 unspecified atom stereocenters. The zero-order valence-electron chi connectivity index (χ0n) is 12.7. The first-order valence-corrected chi connectivity index (χ1v) is 8.99. The fraction of sp³-hybridized carbons (Fsp3) is 0.188. The molecule has 0 fully saturated rings. The highest BCUT2D eigenvalue weighted by atomic mass is 32.2. The van der Waals surface area contributed by atoms with E-state index in [2.05, 4.69) is 34.9 Å². The van der Waals surface area contributed by atoms with Gasteiger partial charge in [0.15, 0.2) is 5.11 Å². The Labute approximate surface area is 142 Å². The number of rotatable bonds is 5. The van der Waals surface area contributed by atoms with Gasteiger partial charge in [0, 0.05) is 13.1 Å². The van der Waals surface area contributed by atoms with Crippen LogP contribution in [0.15, 0.2) is 53.4 Å². The SMILES string of the molecule is Cc1ccc(CNC(=S)NCc2ccc(S(N)(=O)=O)cc2)cc1. The van der Waals surface area contributed by atoms with Crippen molar-refractivity contribution < 1.29 is 8.42 Å². The van der Waals surface area contributed by atoms with Gasteiger partial charge in [0.2, 0.25) is 10.0 Å². The van der Waals surface area contributed by atoms with Gasteiger partial charge in [-0.25, -0.2) is 13.6 Å². The van der Waals surface area contributed by atoms with Gasteiger partial charge in [-0.15, -0.1) is 0 Å². The molecule has 0 bridgehead atoms. The van der Waals surface area contributed by atoms with Crippen LogP contribution in [0.2, 0.25) is 0 Å². The third-order valence-corrected chi connectivity index (χ3v) is 4.50. The zero-order valence-corrected chi connectivity index (χ0v) is 14.4. The van der Waals surface area contributed by atoms with Crippen molar-refractivity contribution in [3.05, 3.63) is 65.2 Å². The Morgan fingerprint density at radius 3 is 1.83 bits per heavy atom. The van der Waals surface area contributed by atoms with Gasteiger partial charge in [-0.3, -0.25) is 0 Å². The molecule has 122 valence electrons. The molecule has 0 saturated heterocycles. The summed E-state index contributed by atoms with van der Waals surface area (Å²) < 4.78 is 22.4. The van der Waals surface area contributed by atoms with Gasteiger partial charge in [-0.1, -0.05) is 42.0 Å². The maximum atomic E-state index is 11.2. The molecular formula is C16H19N3O2S2. The molecule has 5 nitrogen and oxygen atoms in total. The number of primary sulfonamides is 1. The summed E-state index contributed by atoms with van der Waals surface area (Å²) in [5.74, 6) is 0. The Morgan fingerprint density at radius 1 is 0.957 bits per heavy atom. The predicted octanol–water partition coefficient (Wildman–Crippen LogP) is 1.81. The number of thiocarbonyl (C=S) groups is 1. The number of nitrogens with two attached hydrogens (primary N) is 1. The second kappa shape index (κ2) is 7.54. The third kappa shape index (κ3) is 5.63. The molecule has 0 aliphatic carbocycles. The number of benzene rings is 2. The number of sulfonamides is 1. The van der Waals surface area contributed by atoms with Crippen LogP contribution in [0.5, 0.6) is 0 Å². The highest BCUT2D eigenvalue weighted by molar-refractivity contribution is 7.89. The van der Waals surface area contributed by atoms with Gasteiger partial charge in [0.05, 0.1) is 4.90 Å². The summed E-state index contributed by atoms with van der Waals surface area (Å²) in [6, 6.07) is 14.6. The fourth-order valence-corrected chi connectivity index (χ4v) is 2.59. The van der Waals surface area contributed by atoms with Crippen molar-refractivity contribution in [1.82, 2.24) is 10.6 Å². The average Bonchev–Trinajstić information content (AvgIpc) is 2.52. The molecule has 0 spiro atoms. The Bertz CT molecular complexity index is 770. The Morgan fingerprint density at radius 2 is 1.39 bits per heavy atom. The monoisotopic (exact) mass is 349 g/mol. The normalized spacial score (nSPS) is 11.0. The smallest absolute Gasteiger partial charge is 0.238 e. The van der Waals surface area contributed by atoms with Crippen molar-refractivity contribution in [1.29, 1.82) is 0 Å². The molecule has 4 N–H and O–H groups in total. The van der Waals surface area contributed by atoms with Crippen LogP contribution in [-0.4, -0.2) is 13.5 Å². The molecule has 2 aromatic carbocycles. The Hall–Kier alpha value is -1.96. The minimum Gasteiger partial charge on any atom is -0.359 e. The first-order valence-electron chi connectivity index (χ1n) is 7.03. The lowest BCUT2D eigenvalue weighted by molar-refractivity contribution is 0.597. The van der Waals surface area contributed by atoms with Crippen molar-refractivity contribution in [2.45, 2.75) is 24.9 Å². The second-order valence-electron chi connectivity index (χ2n) is 5.21. The van der Waals surface area contributed by atoms with Gasteiger partial charge in [0.25, 0.3) is 0 Å². The minimum absolute atomic E-state index is 0.0984. The summed E-state index contributed by atoms with van der Waals surface area (Å²) in [6.07, 6.45) is 0. The van der Waals surface area contributed by atoms with E-state index in [1.807, 2.05) is 6.92 Å². The summed E-state index contributed by atoms with van der Waals surface area (Å²) >= 11 is 5.23. The standard InChI is InChI=1S/C16H19N3O2S2/c1-12-2-4-13(5-3-12)10-18-16(22)19-11-14-6-8-15(9-7-14)23(17,20)21/h2-9H,10-11H2,1H3,(H2,17,20,21)(H2,18,19,22). The van der Waals surface area contributed by atoms with Crippen molar-refractivity contribution in [2.24, 2.45) is 5.14 Å². The minimum atomic E-state index is -3.65. The van der Waals surface area contributed by atoms with Crippen LogP contribution >= 0.6 is 12.2 Å². The van der Waals surface area contributed by atoms with Gasteiger partial charge >= 0.3 is 0 Å². The number of aryl methyl sites for hydroxylation is 1. The van der Waals surface area contributed by atoms with Crippen LogP contribution in [0.3, 0.4) is 0 Å². The molecule has 0 atom stereocenters.